The summed E-state index contributed by atoms with van der Waals surface area (Å²) in [7, 11) is -3.83. The van der Waals surface area contributed by atoms with E-state index in [-0.39, 0.29) is 55.4 Å². The zero-order chi connectivity index (χ0) is 36.6. The van der Waals surface area contributed by atoms with Crippen LogP contribution in [0, 0.1) is 23.2 Å². The fourth-order valence-corrected chi connectivity index (χ4v) is 9.91. The van der Waals surface area contributed by atoms with E-state index in [9.17, 15) is 27.6 Å². The highest BCUT2D eigenvalue weighted by Crippen LogP contribution is 2.57. The molecular weight excluding hydrogens is 683 g/mol. The summed E-state index contributed by atoms with van der Waals surface area (Å²) in [6.07, 6.45) is 13.5. The van der Waals surface area contributed by atoms with Gasteiger partial charge in [0.2, 0.25) is 27.7 Å². The average molecular weight is 732 g/mol. The van der Waals surface area contributed by atoms with E-state index in [0.717, 1.165) is 48.4 Å². The zero-order valence-corrected chi connectivity index (χ0v) is 30.7. The number of nitrogens with zero attached hydrogens (tertiary/aromatic N) is 2. The van der Waals surface area contributed by atoms with Gasteiger partial charge in [-0.05, 0) is 86.8 Å². The largest absolute Gasteiger partial charge is 0.472 e. The van der Waals surface area contributed by atoms with Crippen molar-refractivity contribution >= 4 is 50.4 Å². The number of hydrogen-bond donors (Lipinski definition) is 1. The highest BCUT2D eigenvalue weighted by Gasteiger charge is 2.61. The van der Waals surface area contributed by atoms with Crippen molar-refractivity contribution < 1.29 is 37.1 Å². The van der Waals surface area contributed by atoms with Crippen LogP contribution in [0.3, 0.4) is 0 Å². The number of nitrogens with one attached hydrogen (secondary N) is 1. The van der Waals surface area contributed by atoms with Gasteiger partial charge in [0.05, 0.1) is 41.7 Å². The fraction of sp³-hybridized carbons (Fsp3) is 0.575. The Morgan fingerprint density at radius 2 is 1.87 bits per heavy atom. The molecule has 1 saturated heterocycles. The number of aromatic nitrogens is 1. The Morgan fingerprint density at radius 3 is 2.60 bits per heavy atom. The Morgan fingerprint density at radius 1 is 1.08 bits per heavy atom. The topological polar surface area (TPSA) is 149 Å². The number of sulfonamides is 1. The summed E-state index contributed by atoms with van der Waals surface area (Å²) in [5, 5.41) is 1.15. The van der Waals surface area contributed by atoms with Crippen LogP contribution in [0.1, 0.15) is 96.0 Å². The smallest absolute Gasteiger partial charge is 0.306 e. The van der Waals surface area contributed by atoms with E-state index in [0.29, 0.717) is 38.0 Å². The van der Waals surface area contributed by atoms with Crippen LogP contribution in [0.5, 0.6) is 5.88 Å². The first-order valence-corrected chi connectivity index (χ1v) is 20.5. The number of Topliss-reactive ketones (excluding diaryl/α,β-unsaturated/α-hetero) is 1. The molecule has 0 unspecified atom stereocenters. The first-order chi connectivity index (χ1) is 25.0. The number of cyclic esters (lactones) is 1. The van der Waals surface area contributed by atoms with E-state index in [1.54, 1.807) is 17.2 Å². The lowest BCUT2D eigenvalue weighted by Gasteiger charge is -2.34. The molecule has 6 atom stereocenters. The zero-order valence-electron chi connectivity index (χ0n) is 29.8. The summed E-state index contributed by atoms with van der Waals surface area (Å²) in [6, 6.07) is 6.97. The molecule has 278 valence electrons. The number of fused-ring (bicyclic) bond motifs is 3. The highest BCUT2D eigenvalue weighted by molar-refractivity contribution is 7.90. The molecule has 5 aliphatic rings. The number of carbonyl (C=O) groups is 4. The second kappa shape index (κ2) is 14.8. The van der Waals surface area contributed by atoms with Crippen molar-refractivity contribution in [1.29, 1.82) is 0 Å². The second-order valence-corrected chi connectivity index (χ2v) is 17.5. The molecule has 0 radical (unpaired) electrons. The maximum atomic E-state index is 14.8. The molecule has 2 aliphatic heterocycles. The first kappa shape index (κ1) is 36.3. The van der Waals surface area contributed by atoms with Crippen molar-refractivity contribution in [1.82, 2.24) is 14.6 Å². The van der Waals surface area contributed by atoms with Gasteiger partial charge < -0.3 is 14.4 Å². The summed E-state index contributed by atoms with van der Waals surface area (Å²) in [4.78, 5) is 62.4. The Kier molecular flexibility index (Phi) is 10.3. The number of benzene rings is 1. The monoisotopic (exact) mass is 731 g/mol. The molecule has 3 saturated carbocycles. The standard InChI is InChI=1S/C40H49N3O8S/c1-3-29-22-40(29,39(47)42-52(48,49)31-15-16-31)23-35(44)34-20-30-24-43(34)38(46)33(27-11-5-4-6-12-27)21-36(45)50-25(2)9-7-8-10-26-13-14-28-17-18-41-37(51-30)32(28)19-26/h3,8,10,13-14,17-19,25,27,29-31,33-34H,1,4-7,9,11-12,15-16,20-24H2,2H3,(H,42,47)/b10-8+/t25-,29+,30-,33+,34+,40-/m1/s1. The number of esters is 1. The summed E-state index contributed by atoms with van der Waals surface area (Å²) in [6.45, 7) is 5.80. The van der Waals surface area contributed by atoms with E-state index in [4.69, 9.17) is 9.47 Å². The van der Waals surface area contributed by atoms with Crippen molar-refractivity contribution in [2.45, 2.75) is 114 Å². The first-order valence-electron chi connectivity index (χ1n) is 18.9. The van der Waals surface area contributed by atoms with Gasteiger partial charge in [0, 0.05) is 24.4 Å². The van der Waals surface area contributed by atoms with Crippen molar-refractivity contribution in [3.05, 3.63) is 54.8 Å². The van der Waals surface area contributed by atoms with Gasteiger partial charge in [0.25, 0.3) is 0 Å². The molecule has 3 heterocycles. The summed E-state index contributed by atoms with van der Waals surface area (Å²) >= 11 is 0. The molecule has 0 spiro atoms. The van der Waals surface area contributed by atoms with Crippen LogP contribution in [0.4, 0.5) is 0 Å². The van der Waals surface area contributed by atoms with Crippen molar-refractivity contribution in [3.63, 3.8) is 0 Å². The van der Waals surface area contributed by atoms with E-state index in [2.05, 4.69) is 22.4 Å². The molecule has 12 heteroatoms. The van der Waals surface area contributed by atoms with Crippen molar-refractivity contribution in [2.24, 2.45) is 23.2 Å². The van der Waals surface area contributed by atoms with Gasteiger partial charge in [-0.25, -0.2) is 13.4 Å². The van der Waals surface area contributed by atoms with Gasteiger partial charge in [-0.3, -0.25) is 23.9 Å². The van der Waals surface area contributed by atoms with Gasteiger partial charge in [0.15, 0.2) is 5.78 Å². The molecule has 2 amide bonds. The minimum absolute atomic E-state index is 0.0372. The second-order valence-electron chi connectivity index (χ2n) is 15.6. The van der Waals surface area contributed by atoms with Gasteiger partial charge in [-0.1, -0.05) is 49.6 Å². The third-order valence-corrected chi connectivity index (χ3v) is 13.6. The number of hydrogen-bond acceptors (Lipinski definition) is 9. The van der Waals surface area contributed by atoms with Crippen LogP contribution in [-0.4, -0.2) is 71.9 Å². The third-order valence-electron chi connectivity index (χ3n) is 11.8. The Bertz CT molecular complexity index is 1880. The number of pyridine rings is 1. The summed E-state index contributed by atoms with van der Waals surface area (Å²) in [5.74, 6) is -2.44. The Balaban J connectivity index is 1.22. The lowest BCUT2D eigenvalue weighted by atomic mass is 9.77. The summed E-state index contributed by atoms with van der Waals surface area (Å²) in [5.41, 5.74) is -0.305. The van der Waals surface area contributed by atoms with E-state index < -0.39 is 50.6 Å². The molecule has 1 N–H and O–H groups in total. The molecule has 4 fully saturated rings. The van der Waals surface area contributed by atoms with Gasteiger partial charge >= 0.3 is 5.97 Å². The number of rotatable bonds is 8. The number of ether oxygens (including phenoxy) is 2. The lowest BCUT2D eigenvalue weighted by molar-refractivity contribution is -0.155. The predicted octanol–water partition coefficient (Wildman–Crippen LogP) is 5.67. The van der Waals surface area contributed by atoms with E-state index >= 15 is 0 Å². The van der Waals surface area contributed by atoms with Crippen LogP contribution in [0.15, 0.2) is 49.2 Å². The van der Waals surface area contributed by atoms with Crippen LogP contribution >= 0.6 is 0 Å². The van der Waals surface area contributed by atoms with Gasteiger partial charge in [-0.2, -0.15) is 0 Å². The molecule has 1 aromatic heterocycles. The number of ketones is 1. The summed E-state index contributed by atoms with van der Waals surface area (Å²) < 4.78 is 40.1. The van der Waals surface area contributed by atoms with E-state index in [1.165, 1.54) is 0 Å². The molecule has 2 aromatic rings. The molecule has 3 aliphatic carbocycles. The van der Waals surface area contributed by atoms with Crippen LogP contribution in [-0.2, 0) is 33.9 Å². The number of carbonyl (C=O) groups excluding carboxylic acids is 4. The van der Waals surface area contributed by atoms with E-state index in [1.807, 2.05) is 37.3 Å². The molecule has 7 rings (SSSR count). The predicted molar refractivity (Wildman–Crippen MR) is 195 cm³/mol. The third kappa shape index (κ3) is 7.68. The van der Waals surface area contributed by atoms with Crippen LogP contribution in [0.2, 0.25) is 0 Å². The number of allylic oxidation sites excluding steroid dienone is 2. The molecular formula is C40H49N3O8S. The Hall–Kier alpha value is -4.06. The van der Waals surface area contributed by atoms with Gasteiger partial charge in [-0.15, -0.1) is 6.58 Å². The average Bonchev–Trinajstić information content (AvgIpc) is 4.06. The minimum Gasteiger partial charge on any atom is -0.472 e. The quantitative estimate of drug-likeness (QED) is 0.268. The normalized spacial score (nSPS) is 30.9. The molecule has 1 aromatic carbocycles. The maximum Gasteiger partial charge on any atom is 0.306 e. The van der Waals surface area contributed by atoms with Crippen molar-refractivity contribution in [2.75, 3.05) is 6.54 Å². The Labute approximate surface area is 305 Å². The SMILES string of the molecule is C=C[C@H]1C[C@]1(CC(=O)[C@@H]1C[C@@H]2CN1C(=O)[C@H](C1CCCCC1)CC(=O)O[C@H](C)CC/C=C/c1ccc3ccnc(c3c1)O2)C(=O)NS(=O)(=O)C1CC1. The minimum atomic E-state index is -3.83. The lowest BCUT2D eigenvalue weighted by Crippen LogP contribution is -2.48. The molecule has 4 bridgehead atoms. The van der Waals surface area contributed by atoms with Crippen molar-refractivity contribution in [3.8, 4) is 5.88 Å². The molecule has 52 heavy (non-hydrogen) atoms. The number of amides is 2. The van der Waals surface area contributed by atoms with Gasteiger partial charge in [0.1, 0.15) is 6.10 Å². The maximum absolute atomic E-state index is 14.8. The molecule has 11 nitrogen and oxygen atoms in total. The fourth-order valence-electron chi connectivity index (χ4n) is 8.52. The van der Waals surface area contributed by atoms with Crippen LogP contribution < -0.4 is 9.46 Å². The highest BCUT2D eigenvalue weighted by atomic mass is 32.2. The van der Waals surface area contributed by atoms with Crippen LogP contribution in [0.25, 0.3) is 16.8 Å².